The summed E-state index contributed by atoms with van der Waals surface area (Å²) in [6.07, 6.45) is 0. The van der Waals surface area contributed by atoms with Crippen molar-refractivity contribution in [2.24, 2.45) is 0 Å². The molecule has 0 N–H and O–H groups in total. The predicted octanol–water partition coefficient (Wildman–Crippen LogP) is 2.28. The van der Waals surface area contributed by atoms with Crippen LogP contribution in [0.4, 0.5) is 0 Å². The lowest BCUT2D eigenvalue weighted by atomic mass is 14.0. The van der Waals surface area contributed by atoms with E-state index in [9.17, 15) is 0 Å². The molecule has 0 aliphatic heterocycles. The lowest BCUT2D eigenvalue weighted by molar-refractivity contribution is 1.44. The van der Waals surface area contributed by atoms with Crippen LogP contribution in [0.5, 0.6) is 0 Å². The Morgan fingerprint density at radius 1 is 1.00 bits per heavy atom. The van der Waals surface area contributed by atoms with Crippen LogP contribution in [0.2, 0.25) is 0 Å². The fourth-order valence-electron chi connectivity index (χ4n) is 0. The molecule has 0 rings (SSSR count). The monoisotopic (exact) mass is 285 g/mol. The van der Waals surface area contributed by atoms with Gasteiger partial charge in [0.15, 0.2) is 0 Å². The van der Waals surface area contributed by atoms with Gasteiger partial charge < -0.3 is 0 Å². The number of rotatable bonds is 0. The summed E-state index contributed by atoms with van der Waals surface area (Å²) in [5.41, 5.74) is 0. The summed E-state index contributed by atoms with van der Waals surface area (Å²) in [6, 6.07) is 0. The third kappa shape index (κ3) is 25.5. The van der Waals surface area contributed by atoms with Crippen LogP contribution < -0.4 is 0 Å². The number of hydrogen-bond donors (Lipinski definition) is 0. The molecule has 0 aliphatic rings. The Bertz CT molecular complexity index is 11.6. The van der Waals surface area contributed by atoms with Gasteiger partial charge in [-0.2, -0.15) is 9.90 Å². The Hall–Kier alpha value is 1.83. The van der Waals surface area contributed by atoms with Gasteiger partial charge >= 0.3 is 0 Å². The minimum atomic E-state index is 0. The smallest absolute Gasteiger partial charge is 0.0364 e. The maximum Gasteiger partial charge on any atom is 0.0364 e. The lowest BCUT2D eigenvalue weighted by Crippen LogP contribution is -1.56. The number of hydrogen-bond acceptors (Lipinski definition) is 1. The molecule has 34 valence electrons. The van der Waals surface area contributed by atoms with Gasteiger partial charge in [-0.15, -0.1) is 1.98 Å². The van der Waals surface area contributed by atoms with Crippen molar-refractivity contribution in [3.8, 4) is 0 Å². The van der Waals surface area contributed by atoms with E-state index in [4.69, 9.17) is 0 Å². The molecule has 0 radical (unpaired) electrons. The van der Waals surface area contributed by atoms with E-state index in [2.05, 4.69) is 48.4 Å². The lowest BCUT2D eigenvalue weighted by Gasteiger charge is -1.77. The van der Waals surface area contributed by atoms with E-state index in [-0.39, 0.29) is 9.90 Å². The molecule has 5 heavy (non-hydrogen) atoms. The van der Waals surface area contributed by atoms with E-state index in [0.29, 0.717) is 0 Å². The zero-order chi connectivity index (χ0) is 3.58. The summed E-state index contributed by atoms with van der Waals surface area (Å²) in [6.45, 7) is 0. The highest BCUT2D eigenvalue weighted by atomic mass is 80.0. The number of halogens is 3. The van der Waals surface area contributed by atoms with E-state index in [1.807, 2.05) is 0 Å². The summed E-state index contributed by atoms with van der Waals surface area (Å²) in [4.78, 5) is 0. The topological polar surface area (TPSA) is 3.24 Å². The van der Waals surface area contributed by atoms with Crippen molar-refractivity contribution in [1.29, 1.82) is 0 Å². The highest BCUT2D eigenvalue weighted by Gasteiger charge is 1.70. The van der Waals surface area contributed by atoms with Gasteiger partial charge in [0.05, 0.1) is 0 Å². The Morgan fingerprint density at radius 3 is 1.00 bits per heavy atom. The molecule has 0 aromatic rings. The van der Waals surface area contributed by atoms with Crippen molar-refractivity contribution < 1.29 is 0 Å². The summed E-state index contributed by atoms with van der Waals surface area (Å²) in [5.74, 6) is 0. The Kier molecular flexibility index (Phi) is 11.6. The van der Waals surface area contributed by atoms with Crippen molar-refractivity contribution in [2.45, 2.75) is 0 Å². The van der Waals surface area contributed by atoms with Gasteiger partial charge in [-0.05, 0) is 0 Å². The predicted molar refractivity (Wildman–Crippen MR) is 39.7 cm³/mol. The summed E-state index contributed by atoms with van der Waals surface area (Å²) < 4.78 is 1.44. The van der Waals surface area contributed by atoms with Gasteiger partial charge in [-0.3, -0.25) is 0 Å². The molecule has 0 aliphatic carbocycles. The highest BCUT2D eigenvalue weighted by molar-refractivity contribution is 9.33. The Labute approximate surface area is 60.1 Å². The minimum absolute atomic E-state index is 0. The maximum absolute atomic E-state index is 2.94. The van der Waals surface area contributed by atoms with Crippen LogP contribution in [-0.2, 0) is 0 Å². The van der Waals surface area contributed by atoms with Crippen LogP contribution in [-0.4, -0.2) is 1.98 Å². The highest BCUT2D eigenvalue weighted by Crippen LogP contribution is 2.09. The zero-order valence-corrected chi connectivity index (χ0v) is 8.46. The van der Waals surface area contributed by atoms with Crippen LogP contribution in [0.1, 0.15) is 0 Å². The van der Waals surface area contributed by atoms with Crippen LogP contribution in [0.3, 0.4) is 0 Å². The summed E-state index contributed by atoms with van der Waals surface area (Å²) >= 11 is 8.81. The molecule has 0 spiro atoms. The largest absolute Gasteiger partial charge is 0.153 e. The molecule has 0 saturated heterocycles. The molecule has 0 bridgehead atoms. The second-order valence-electron chi connectivity index (χ2n) is 0.192. The van der Waals surface area contributed by atoms with Gasteiger partial charge in [-0.1, -0.05) is 0 Å². The van der Waals surface area contributed by atoms with Gasteiger partial charge in [0, 0.05) is 48.4 Å². The van der Waals surface area contributed by atoms with Crippen LogP contribution in [0, 0.1) is 0 Å². The third-order valence-corrected chi connectivity index (χ3v) is 0. The van der Waals surface area contributed by atoms with Crippen LogP contribution in [0.15, 0.2) is 0 Å². The van der Waals surface area contributed by atoms with Gasteiger partial charge in [0.2, 0.25) is 0 Å². The molecule has 0 amide bonds. The summed E-state index contributed by atoms with van der Waals surface area (Å²) in [5, 5.41) is 0. The average Bonchev–Trinajstić information content (AvgIpc) is 0.811. The molecule has 1 nitrogen and oxygen atoms in total. The standard InChI is InChI=1S/Br3N.H3P/c1-4(2)3;/h;1H3. The summed E-state index contributed by atoms with van der Waals surface area (Å²) in [7, 11) is 0. The molecule has 1 atom stereocenters. The van der Waals surface area contributed by atoms with E-state index < -0.39 is 0 Å². The first-order chi connectivity index (χ1) is 1.73. The van der Waals surface area contributed by atoms with Gasteiger partial charge in [-0.25, -0.2) is 0 Å². The van der Waals surface area contributed by atoms with E-state index in [1.54, 1.807) is 0 Å². The van der Waals surface area contributed by atoms with Gasteiger partial charge in [0.1, 0.15) is 0 Å². The molecule has 0 fully saturated rings. The van der Waals surface area contributed by atoms with Crippen molar-refractivity contribution in [2.75, 3.05) is 0 Å². The quantitative estimate of drug-likeness (QED) is 0.488. The fourth-order valence-corrected chi connectivity index (χ4v) is 0. The van der Waals surface area contributed by atoms with E-state index in [1.165, 1.54) is 1.98 Å². The normalized spacial score (nSPS) is 7.20. The molecule has 5 heteroatoms. The number of nitrogens with zero attached hydrogens (tertiary/aromatic N) is 1. The van der Waals surface area contributed by atoms with Crippen molar-refractivity contribution in [1.82, 2.24) is 1.98 Å². The molecule has 0 heterocycles. The first-order valence-corrected chi connectivity index (χ1v) is 2.63. The van der Waals surface area contributed by atoms with Gasteiger partial charge in [0.25, 0.3) is 0 Å². The first-order valence-electron chi connectivity index (χ1n) is 0.507. The Morgan fingerprint density at radius 2 is 1.00 bits per heavy atom. The second kappa shape index (κ2) is 5.83. The second-order valence-corrected chi connectivity index (χ2v) is 5.17. The molecule has 0 aromatic heterocycles. The van der Waals surface area contributed by atoms with E-state index in [0.717, 1.165) is 0 Å². The Balaban J connectivity index is 0. The maximum atomic E-state index is 2.94. The zero-order valence-electron chi connectivity index (χ0n) is 2.29. The fraction of sp³-hybridized carbons (Fsp3) is 0. The third-order valence-electron chi connectivity index (χ3n) is 0. The molecule has 1 unspecified atom stereocenters. The van der Waals surface area contributed by atoms with Crippen LogP contribution in [0.25, 0.3) is 0 Å². The van der Waals surface area contributed by atoms with Crippen LogP contribution >= 0.6 is 58.3 Å². The van der Waals surface area contributed by atoms with Crippen molar-refractivity contribution in [3.05, 3.63) is 0 Å². The average molecular weight is 288 g/mol. The molecule has 0 saturated carbocycles. The molecular formula is H3Br3NP. The van der Waals surface area contributed by atoms with Crippen molar-refractivity contribution >= 4 is 58.3 Å². The SMILES string of the molecule is BrN(Br)Br.P. The molecular weight excluding hydrogens is 285 g/mol. The minimum Gasteiger partial charge on any atom is -0.153 e. The van der Waals surface area contributed by atoms with Crippen molar-refractivity contribution in [3.63, 3.8) is 0 Å². The molecule has 0 aromatic carbocycles. The van der Waals surface area contributed by atoms with E-state index >= 15 is 0 Å². The first kappa shape index (κ1) is 9.95.